The number of ether oxygens (including phenoxy) is 2. The lowest BCUT2D eigenvalue weighted by Gasteiger charge is -2.41. The monoisotopic (exact) mass is 383 g/mol. The molecule has 1 N–H and O–H groups in total. The summed E-state index contributed by atoms with van der Waals surface area (Å²) in [5, 5.41) is 3.03. The summed E-state index contributed by atoms with van der Waals surface area (Å²) in [4.78, 5) is 40.5. The topological polar surface area (TPSA) is 88.2 Å². The molecule has 0 radical (unpaired) electrons. The number of nitrogens with zero attached hydrogens (tertiary/aromatic N) is 2. The molecule has 0 unspecified atom stereocenters. The molecule has 27 heavy (non-hydrogen) atoms. The fourth-order valence-electron chi connectivity index (χ4n) is 3.39. The molecule has 0 aromatic carbocycles. The van der Waals surface area contributed by atoms with Gasteiger partial charge in [-0.1, -0.05) is 0 Å². The summed E-state index contributed by atoms with van der Waals surface area (Å²) in [5.74, 6) is -0.0589. The summed E-state index contributed by atoms with van der Waals surface area (Å²) in [7, 11) is 0. The minimum atomic E-state index is -0.681. The number of carbonyl (C=O) groups is 3. The first-order chi connectivity index (χ1) is 12.3. The molecule has 0 saturated carbocycles. The zero-order chi connectivity index (χ0) is 20.5. The summed E-state index contributed by atoms with van der Waals surface area (Å²) in [5.41, 5.74) is -1.91. The van der Waals surface area contributed by atoms with E-state index in [0.717, 1.165) is 6.42 Å². The molecular weight excluding hydrogens is 350 g/mol. The Morgan fingerprint density at radius 1 is 0.926 bits per heavy atom. The SMILES string of the molecule is CC(C)(C)OC(=O)N1CCN(C(=O)OC(C)(C)C)CC2(CCCC(=O)N2)C1. The highest BCUT2D eigenvalue weighted by molar-refractivity contribution is 5.78. The van der Waals surface area contributed by atoms with Crippen LogP contribution in [0.15, 0.2) is 0 Å². The summed E-state index contributed by atoms with van der Waals surface area (Å²) in [6.07, 6.45) is 0.995. The Kier molecular flexibility index (Phi) is 5.97. The van der Waals surface area contributed by atoms with Crippen molar-refractivity contribution in [1.82, 2.24) is 15.1 Å². The average molecular weight is 383 g/mol. The van der Waals surface area contributed by atoms with Crippen molar-refractivity contribution in [3.05, 3.63) is 0 Å². The van der Waals surface area contributed by atoms with E-state index in [1.54, 1.807) is 9.80 Å². The third-order valence-electron chi connectivity index (χ3n) is 4.39. The smallest absolute Gasteiger partial charge is 0.410 e. The number of nitrogens with one attached hydrogen (secondary N) is 1. The fraction of sp³-hybridized carbons (Fsp3) is 0.842. The molecule has 8 heteroatoms. The maximum absolute atomic E-state index is 12.6. The summed E-state index contributed by atoms with van der Waals surface area (Å²) < 4.78 is 11.0. The summed E-state index contributed by atoms with van der Waals surface area (Å²) in [6, 6.07) is 0. The van der Waals surface area contributed by atoms with E-state index >= 15 is 0 Å². The maximum atomic E-state index is 12.6. The van der Waals surface area contributed by atoms with E-state index in [1.807, 2.05) is 41.5 Å². The summed E-state index contributed by atoms with van der Waals surface area (Å²) in [6.45, 7) is 12.2. The number of piperidine rings is 1. The van der Waals surface area contributed by atoms with Crippen LogP contribution in [0.2, 0.25) is 0 Å². The minimum Gasteiger partial charge on any atom is -0.444 e. The van der Waals surface area contributed by atoms with Gasteiger partial charge in [0.05, 0.1) is 5.54 Å². The molecule has 154 valence electrons. The van der Waals surface area contributed by atoms with Crippen LogP contribution in [0.3, 0.4) is 0 Å². The highest BCUT2D eigenvalue weighted by Gasteiger charge is 2.44. The van der Waals surface area contributed by atoms with Crippen LogP contribution in [0, 0.1) is 0 Å². The molecule has 2 rings (SSSR count). The molecule has 8 nitrogen and oxygen atoms in total. The standard InChI is InChI=1S/C19H33N3O5/c1-17(2,3)26-15(24)21-10-11-22(16(25)27-18(4,5)6)13-19(12-21)9-7-8-14(23)20-19/h7-13H2,1-6H3,(H,20,23). The number of rotatable bonds is 0. The van der Waals surface area contributed by atoms with Gasteiger partial charge in [0.2, 0.25) is 5.91 Å². The van der Waals surface area contributed by atoms with E-state index in [2.05, 4.69) is 5.32 Å². The molecular formula is C19H33N3O5. The summed E-state index contributed by atoms with van der Waals surface area (Å²) >= 11 is 0. The van der Waals surface area contributed by atoms with Crippen molar-refractivity contribution in [3.63, 3.8) is 0 Å². The first-order valence-electron chi connectivity index (χ1n) is 9.56. The lowest BCUT2D eigenvalue weighted by molar-refractivity contribution is -0.125. The second-order valence-corrected chi connectivity index (χ2v) is 9.49. The van der Waals surface area contributed by atoms with Gasteiger partial charge < -0.3 is 24.6 Å². The molecule has 0 bridgehead atoms. The zero-order valence-corrected chi connectivity index (χ0v) is 17.4. The van der Waals surface area contributed by atoms with Gasteiger partial charge in [0.1, 0.15) is 11.2 Å². The van der Waals surface area contributed by atoms with E-state index in [0.29, 0.717) is 39.0 Å². The van der Waals surface area contributed by atoms with Gasteiger partial charge in [-0.25, -0.2) is 9.59 Å². The van der Waals surface area contributed by atoms with Gasteiger partial charge in [-0.2, -0.15) is 0 Å². The zero-order valence-electron chi connectivity index (χ0n) is 17.4. The largest absolute Gasteiger partial charge is 0.444 e. The Morgan fingerprint density at radius 3 is 1.74 bits per heavy atom. The van der Waals surface area contributed by atoms with E-state index in [1.165, 1.54) is 0 Å². The third kappa shape index (κ3) is 6.29. The van der Waals surface area contributed by atoms with Crippen LogP contribution in [0.5, 0.6) is 0 Å². The predicted octanol–water partition coefficient (Wildman–Crippen LogP) is 2.51. The molecule has 1 spiro atoms. The fourth-order valence-corrected chi connectivity index (χ4v) is 3.39. The second-order valence-electron chi connectivity index (χ2n) is 9.49. The molecule has 2 heterocycles. The highest BCUT2D eigenvalue weighted by atomic mass is 16.6. The van der Waals surface area contributed by atoms with E-state index in [-0.39, 0.29) is 5.91 Å². The van der Waals surface area contributed by atoms with E-state index in [4.69, 9.17) is 9.47 Å². The Labute approximate surface area is 161 Å². The molecule has 0 aromatic heterocycles. The number of hydrogen-bond acceptors (Lipinski definition) is 5. The second kappa shape index (κ2) is 7.56. The van der Waals surface area contributed by atoms with Crippen molar-refractivity contribution in [2.24, 2.45) is 0 Å². The number of amides is 3. The van der Waals surface area contributed by atoms with Gasteiger partial charge in [-0.15, -0.1) is 0 Å². The van der Waals surface area contributed by atoms with Gasteiger partial charge in [0, 0.05) is 32.6 Å². The van der Waals surface area contributed by atoms with Crippen molar-refractivity contribution in [2.75, 3.05) is 26.2 Å². The van der Waals surface area contributed by atoms with Crippen LogP contribution in [0.4, 0.5) is 9.59 Å². The molecule has 3 amide bonds. The lowest BCUT2D eigenvalue weighted by Crippen LogP contribution is -2.62. The Balaban J connectivity index is 2.22. The molecule has 2 fully saturated rings. The average Bonchev–Trinajstić information content (AvgIpc) is 2.64. The quantitative estimate of drug-likeness (QED) is 0.694. The maximum Gasteiger partial charge on any atom is 0.410 e. The lowest BCUT2D eigenvalue weighted by atomic mass is 9.87. The van der Waals surface area contributed by atoms with Gasteiger partial charge in [0.25, 0.3) is 0 Å². The third-order valence-corrected chi connectivity index (χ3v) is 4.39. The Bertz CT molecular complexity index is 553. The van der Waals surface area contributed by atoms with Crippen LogP contribution < -0.4 is 5.32 Å². The van der Waals surface area contributed by atoms with Gasteiger partial charge in [-0.3, -0.25) is 4.79 Å². The molecule has 0 aliphatic carbocycles. The molecule has 2 aliphatic heterocycles. The minimum absolute atomic E-state index is 0.0589. The van der Waals surface area contributed by atoms with Crippen LogP contribution in [0.1, 0.15) is 60.8 Å². The van der Waals surface area contributed by atoms with E-state index in [9.17, 15) is 14.4 Å². The molecule has 2 saturated heterocycles. The number of hydrogen-bond donors (Lipinski definition) is 1. The van der Waals surface area contributed by atoms with E-state index < -0.39 is 28.9 Å². The van der Waals surface area contributed by atoms with Crippen molar-refractivity contribution in [3.8, 4) is 0 Å². The van der Waals surface area contributed by atoms with Crippen molar-refractivity contribution < 1.29 is 23.9 Å². The Morgan fingerprint density at radius 2 is 1.37 bits per heavy atom. The molecule has 0 atom stereocenters. The van der Waals surface area contributed by atoms with Crippen LogP contribution in [-0.2, 0) is 14.3 Å². The van der Waals surface area contributed by atoms with Crippen molar-refractivity contribution in [2.45, 2.75) is 77.5 Å². The van der Waals surface area contributed by atoms with Crippen LogP contribution >= 0.6 is 0 Å². The normalized spacial score (nSPS) is 20.7. The number of carbonyl (C=O) groups excluding carboxylic acids is 3. The van der Waals surface area contributed by atoms with Crippen LogP contribution in [0.25, 0.3) is 0 Å². The van der Waals surface area contributed by atoms with Gasteiger partial charge in [-0.05, 0) is 54.4 Å². The first-order valence-corrected chi connectivity index (χ1v) is 9.56. The molecule has 2 aliphatic rings. The predicted molar refractivity (Wildman–Crippen MR) is 100 cm³/mol. The Hall–Kier alpha value is -1.99. The van der Waals surface area contributed by atoms with Crippen LogP contribution in [-0.4, -0.2) is 70.8 Å². The highest BCUT2D eigenvalue weighted by Crippen LogP contribution is 2.27. The van der Waals surface area contributed by atoms with Crippen molar-refractivity contribution >= 4 is 18.1 Å². The molecule has 0 aromatic rings. The van der Waals surface area contributed by atoms with Gasteiger partial charge in [0.15, 0.2) is 0 Å². The van der Waals surface area contributed by atoms with Crippen molar-refractivity contribution in [1.29, 1.82) is 0 Å². The first kappa shape index (κ1) is 21.3. The van der Waals surface area contributed by atoms with Gasteiger partial charge >= 0.3 is 12.2 Å².